The van der Waals surface area contributed by atoms with Gasteiger partial charge in [0, 0.05) is 66.3 Å². The molecule has 2 amide bonds. The van der Waals surface area contributed by atoms with Gasteiger partial charge in [-0.15, -0.1) is 0 Å². The lowest BCUT2D eigenvalue weighted by Crippen LogP contribution is -2.58. The molecule has 10 heteroatoms. The van der Waals surface area contributed by atoms with Gasteiger partial charge in [0.25, 0.3) is 0 Å². The van der Waals surface area contributed by atoms with Crippen molar-refractivity contribution in [1.82, 2.24) is 20.1 Å². The number of aromatic hydroxyl groups is 1. The summed E-state index contributed by atoms with van der Waals surface area (Å²) < 4.78 is 6.40. The van der Waals surface area contributed by atoms with Gasteiger partial charge < -0.3 is 19.6 Å². The zero-order valence-corrected chi connectivity index (χ0v) is 35.2. The summed E-state index contributed by atoms with van der Waals surface area (Å²) >= 11 is 0. The summed E-state index contributed by atoms with van der Waals surface area (Å²) in [6, 6.07) is 27.5. The molecule has 4 aliphatic heterocycles. The number of imide groups is 1. The Morgan fingerprint density at radius 1 is 0.867 bits per heavy atom. The number of likely N-dealkylation sites (N-methyl/N-ethyl adjacent to an activating group) is 1. The van der Waals surface area contributed by atoms with Gasteiger partial charge in [0.1, 0.15) is 17.3 Å². The number of nitrogens with one attached hydrogen (secondary N) is 1. The first kappa shape index (κ1) is 41.7. The minimum Gasteiger partial charge on any atom is -0.508 e. The summed E-state index contributed by atoms with van der Waals surface area (Å²) in [6.45, 7) is 6.70. The first-order valence-corrected chi connectivity index (χ1v) is 22.2. The number of anilines is 1. The highest BCUT2D eigenvalue weighted by molar-refractivity contribution is 6.00. The second-order valence-corrected chi connectivity index (χ2v) is 18.2. The molecule has 0 radical (unpaired) electrons. The van der Waals surface area contributed by atoms with Crippen LogP contribution in [0.15, 0.2) is 91.1 Å². The lowest BCUT2D eigenvalue weighted by molar-refractivity contribution is -0.137. The molecule has 1 aromatic heterocycles. The van der Waals surface area contributed by atoms with E-state index >= 15 is 0 Å². The number of ether oxygens (including phenoxy) is 1. The van der Waals surface area contributed by atoms with Crippen molar-refractivity contribution in [2.75, 3.05) is 51.3 Å². The molecule has 1 atom stereocenters. The topological polar surface area (TPSA) is 115 Å². The molecule has 4 aromatic rings. The number of likely N-dealkylation sites (tertiary alicyclic amines) is 1. The normalized spacial score (nSPS) is 21.6. The maximum atomic E-state index is 12.5. The van der Waals surface area contributed by atoms with Gasteiger partial charge in [0.05, 0.1) is 12.6 Å². The van der Waals surface area contributed by atoms with E-state index in [4.69, 9.17) is 4.74 Å². The van der Waals surface area contributed by atoms with E-state index in [1.807, 2.05) is 78.8 Å². The van der Waals surface area contributed by atoms with E-state index < -0.39 is 6.04 Å². The number of aromatic nitrogens is 1. The van der Waals surface area contributed by atoms with Crippen molar-refractivity contribution in [2.45, 2.75) is 95.1 Å². The average molecular weight is 812 g/mol. The smallest absolute Gasteiger partial charge is 0.243 e. The maximum Gasteiger partial charge on any atom is 0.243 e. The summed E-state index contributed by atoms with van der Waals surface area (Å²) in [5.41, 5.74) is 5.92. The molecule has 2 spiro atoms. The third-order valence-corrected chi connectivity index (χ3v) is 14.2. The first-order valence-electron chi connectivity index (χ1n) is 22.2. The van der Waals surface area contributed by atoms with Crippen LogP contribution in [0.5, 0.6) is 11.5 Å². The number of phenols is 1. The molecule has 5 heterocycles. The van der Waals surface area contributed by atoms with Gasteiger partial charge in [0.15, 0.2) is 6.29 Å². The Morgan fingerprint density at radius 3 is 2.25 bits per heavy atom. The summed E-state index contributed by atoms with van der Waals surface area (Å²) in [7, 11) is 1.88. The number of carbonyl (C=O) groups is 3. The molecule has 1 saturated carbocycles. The van der Waals surface area contributed by atoms with Crippen LogP contribution in [0.2, 0.25) is 0 Å². The van der Waals surface area contributed by atoms with Gasteiger partial charge in [-0.05, 0) is 132 Å². The number of benzene rings is 3. The predicted octanol–water partition coefficient (Wildman–Crippen LogP) is 7.51. The van der Waals surface area contributed by atoms with Crippen LogP contribution in [0.3, 0.4) is 0 Å². The summed E-state index contributed by atoms with van der Waals surface area (Å²) in [6.07, 6.45) is 15.9. The van der Waals surface area contributed by atoms with Crippen LogP contribution >= 0.6 is 0 Å². The number of pyridine rings is 1. The molecule has 316 valence electrons. The van der Waals surface area contributed by atoms with Crippen LogP contribution in [-0.4, -0.2) is 90.4 Å². The molecule has 2 aliphatic carbocycles. The summed E-state index contributed by atoms with van der Waals surface area (Å²) in [5, 5.41) is 11.6. The van der Waals surface area contributed by atoms with Crippen molar-refractivity contribution in [3.05, 3.63) is 119 Å². The number of carbonyl (C=O) groups excluding carboxylic acids is 3. The van der Waals surface area contributed by atoms with Gasteiger partial charge in [-0.25, -0.2) is 4.98 Å². The number of fused-ring (bicyclic) bond motifs is 3. The van der Waals surface area contributed by atoms with Crippen LogP contribution in [0.1, 0.15) is 96.8 Å². The Kier molecular flexibility index (Phi) is 13.0. The number of aldehydes is 1. The van der Waals surface area contributed by atoms with E-state index in [-0.39, 0.29) is 17.2 Å². The average Bonchev–Trinajstić information content (AvgIpc) is 3.63. The minimum absolute atomic E-state index is 0.0211. The molecule has 60 heavy (non-hydrogen) atoms. The molecule has 2 N–H and O–H groups in total. The van der Waals surface area contributed by atoms with Gasteiger partial charge in [0.2, 0.25) is 11.8 Å². The minimum atomic E-state index is -0.398. The highest BCUT2D eigenvalue weighted by atomic mass is 16.5. The zero-order chi connectivity index (χ0) is 41.5. The first-order chi connectivity index (χ1) is 29.2. The van der Waals surface area contributed by atoms with Crippen molar-refractivity contribution >= 4 is 23.9 Å². The third kappa shape index (κ3) is 9.45. The SMILES string of the molecule is CN(Cc1c(C=O)ccc2c1OCC21CCN(CC2CCC3(CC2)CN(c2ccccn2)C3)CC1)C1CCC(=O)NC1=O.Oc1ccc2c(c1)CCCC2.c1ccccc1. The molecular weight excluding hydrogens is 751 g/mol. The second-order valence-electron chi connectivity index (χ2n) is 18.2. The van der Waals surface area contributed by atoms with E-state index in [1.54, 1.807) is 6.07 Å². The third-order valence-electron chi connectivity index (χ3n) is 14.2. The summed E-state index contributed by atoms with van der Waals surface area (Å²) in [5.74, 6) is 2.64. The molecule has 1 unspecified atom stereocenters. The molecule has 4 fully saturated rings. The lowest BCUT2D eigenvalue weighted by atomic mass is 9.65. The van der Waals surface area contributed by atoms with Crippen LogP contribution < -0.4 is 15.0 Å². The van der Waals surface area contributed by atoms with Gasteiger partial charge in [-0.1, -0.05) is 60.7 Å². The van der Waals surface area contributed by atoms with E-state index in [9.17, 15) is 19.5 Å². The van der Waals surface area contributed by atoms with Crippen molar-refractivity contribution in [1.29, 1.82) is 0 Å². The Balaban J connectivity index is 0.000000241. The molecule has 10 nitrogen and oxygen atoms in total. The molecular formula is C50H61N5O5. The number of hydrogen-bond acceptors (Lipinski definition) is 9. The number of rotatable bonds is 7. The Hall–Kier alpha value is -5.06. The van der Waals surface area contributed by atoms with Crippen molar-refractivity contribution in [3.63, 3.8) is 0 Å². The Labute approximate surface area is 355 Å². The molecule has 0 bridgehead atoms. The maximum absolute atomic E-state index is 12.5. The Morgan fingerprint density at radius 2 is 1.58 bits per heavy atom. The fourth-order valence-electron chi connectivity index (χ4n) is 10.6. The van der Waals surface area contributed by atoms with Gasteiger partial charge in [-0.2, -0.15) is 0 Å². The van der Waals surface area contributed by atoms with Crippen molar-refractivity contribution < 1.29 is 24.2 Å². The number of piperidine rings is 2. The van der Waals surface area contributed by atoms with E-state index in [2.05, 4.69) is 38.3 Å². The largest absolute Gasteiger partial charge is 0.508 e. The Bertz CT molecular complexity index is 2060. The van der Waals surface area contributed by atoms with Crippen LogP contribution in [0.4, 0.5) is 5.82 Å². The number of phenolic OH excluding ortho intramolecular Hbond substituents is 1. The van der Waals surface area contributed by atoms with Gasteiger partial charge in [-0.3, -0.25) is 24.6 Å². The standard InChI is InChI=1S/C34H43N5O4.C10H12O.C6H6/c1-37(28-7-8-30(41)36-32(28)42)19-26-25(20-40)5-6-27-31(26)43-23-34(27)13-16-38(17-14-34)18-24-9-11-33(12-10-24)21-39(22-33)29-4-2-3-15-35-29;11-10-6-5-8-3-1-2-4-9(8)7-10;1-2-4-6-5-3-1/h2-6,15,20,24,28H,7-14,16-19,21-23H2,1H3,(H,36,41,42);5-7,11H,1-4H2;1-6H. The van der Waals surface area contributed by atoms with Crippen molar-refractivity contribution in [3.8, 4) is 11.5 Å². The molecule has 10 rings (SSSR count). The lowest BCUT2D eigenvalue weighted by Gasteiger charge is -2.54. The van der Waals surface area contributed by atoms with E-state index in [0.29, 0.717) is 42.7 Å². The number of amides is 2. The fourth-order valence-corrected chi connectivity index (χ4v) is 10.6. The summed E-state index contributed by atoms with van der Waals surface area (Å²) in [4.78, 5) is 47.7. The number of hydrogen-bond donors (Lipinski definition) is 2. The van der Waals surface area contributed by atoms with Crippen LogP contribution in [-0.2, 0) is 34.4 Å². The molecule has 3 saturated heterocycles. The fraction of sp³-hybridized carbons (Fsp3) is 0.480. The number of nitrogens with zero attached hydrogens (tertiary/aromatic N) is 4. The van der Waals surface area contributed by atoms with Gasteiger partial charge >= 0.3 is 0 Å². The van der Waals surface area contributed by atoms with Crippen LogP contribution in [0.25, 0.3) is 0 Å². The highest BCUT2D eigenvalue weighted by Gasteiger charge is 2.47. The molecule has 6 aliphatic rings. The zero-order valence-electron chi connectivity index (χ0n) is 35.2. The van der Waals surface area contributed by atoms with Crippen LogP contribution in [0, 0.1) is 11.3 Å². The monoisotopic (exact) mass is 811 g/mol. The van der Waals surface area contributed by atoms with E-state index in [0.717, 1.165) is 74.8 Å². The van der Waals surface area contributed by atoms with E-state index in [1.165, 1.54) is 68.2 Å². The van der Waals surface area contributed by atoms with Crippen molar-refractivity contribution in [2.24, 2.45) is 11.3 Å². The predicted molar refractivity (Wildman–Crippen MR) is 234 cm³/mol. The second kappa shape index (κ2) is 18.7. The highest BCUT2D eigenvalue weighted by Crippen LogP contribution is 2.50. The molecule has 3 aromatic carbocycles. The number of aryl methyl sites for hydroxylation is 2. The quantitative estimate of drug-likeness (QED) is 0.145.